The molecule has 4 nitrogen and oxygen atoms in total. The van der Waals surface area contributed by atoms with Crippen LogP contribution in [0.4, 0.5) is 0 Å². The number of carbonyl (C=O) groups excluding carboxylic acids is 1. The van der Waals surface area contributed by atoms with E-state index in [-0.39, 0.29) is 23.6 Å². The summed E-state index contributed by atoms with van der Waals surface area (Å²) < 4.78 is 5.61. The lowest BCUT2D eigenvalue weighted by atomic mass is 9.73. The van der Waals surface area contributed by atoms with Crippen molar-refractivity contribution >= 4 is 5.91 Å². The van der Waals surface area contributed by atoms with E-state index in [2.05, 4.69) is 61.6 Å². The topological polar surface area (TPSA) is 41.6 Å². The maximum Gasteiger partial charge on any atom is 0.240 e. The Morgan fingerprint density at radius 1 is 1.16 bits per heavy atom. The van der Waals surface area contributed by atoms with Crippen molar-refractivity contribution in [3.05, 3.63) is 35.9 Å². The molecule has 1 saturated heterocycles. The number of likely N-dealkylation sites (N-methyl/N-ethyl adjacent to an activating group) is 1. The van der Waals surface area contributed by atoms with Crippen LogP contribution in [0, 0.1) is 0 Å². The normalized spacial score (nSPS) is 33.2. The summed E-state index contributed by atoms with van der Waals surface area (Å²) in [4.78, 5) is 15.3. The maximum absolute atomic E-state index is 13.2. The van der Waals surface area contributed by atoms with Gasteiger partial charge in [0, 0.05) is 12.6 Å². The molecule has 4 heteroatoms. The summed E-state index contributed by atoms with van der Waals surface area (Å²) in [6, 6.07) is 11.0. The first-order valence-electron chi connectivity index (χ1n) is 9.66. The van der Waals surface area contributed by atoms with Crippen LogP contribution in [-0.2, 0) is 9.53 Å². The van der Waals surface area contributed by atoms with Crippen molar-refractivity contribution in [2.45, 2.75) is 69.1 Å². The summed E-state index contributed by atoms with van der Waals surface area (Å²) in [6.45, 7) is 2.84. The summed E-state index contributed by atoms with van der Waals surface area (Å²) >= 11 is 0. The van der Waals surface area contributed by atoms with Gasteiger partial charge in [-0.3, -0.25) is 9.69 Å². The zero-order chi connectivity index (χ0) is 17.9. The average molecular weight is 344 g/mol. The van der Waals surface area contributed by atoms with Crippen molar-refractivity contribution in [2.24, 2.45) is 0 Å². The molecule has 1 N–H and O–H groups in total. The fraction of sp³-hybridized carbons (Fsp3) is 0.667. The van der Waals surface area contributed by atoms with Gasteiger partial charge in [0.15, 0.2) is 0 Å². The van der Waals surface area contributed by atoms with Crippen molar-refractivity contribution in [3.63, 3.8) is 0 Å². The molecule has 3 rings (SSSR count). The minimum absolute atomic E-state index is 0.211. The molecular formula is C21H32N2O2. The van der Waals surface area contributed by atoms with Gasteiger partial charge in [0.2, 0.25) is 5.91 Å². The molecule has 0 unspecified atom stereocenters. The summed E-state index contributed by atoms with van der Waals surface area (Å²) in [5.74, 6) is 0.785. The smallest absolute Gasteiger partial charge is 0.240 e. The number of carbonyl (C=O) groups is 1. The molecule has 0 aromatic heterocycles. The first-order valence-corrected chi connectivity index (χ1v) is 9.66. The van der Waals surface area contributed by atoms with Gasteiger partial charge in [-0.05, 0) is 71.0 Å². The zero-order valence-electron chi connectivity index (χ0n) is 15.8. The summed E-state index contributed by atoms with van der Waals surface area (Å²) in [5.41, 5.74) is 1.04. The second kappa shape index (κ2) is 7.88. The van der Waals surface area contributed by atoms with Gasteiger partial charge in [0.1, 0.15) is 0 Å². The lowest BCUT2D eigenvalue weighted by Crippen LogP contribution is -2.60. The first-order chi connectivity index (χ1) is 12.0. The van der Waals surface area contributed by atoms with E-state index in [0.29, 0.717) is 5.92 Å². The summed E-state index contributed by atoms with van der Waals surface area (Å²) in [5, 5.41) is 3.34. The third kappa shape index (κ3) is 4.06. The Kier molecular flexibility index (Phi) is 5.80. The molecule has 2 aliphatic rings. The second-order valence-electron chi connectivity index (χ2n) is 7.99. The van der Waals surface area contributed by atoms with Crippen LogP contribution in [0.15, 0.2) is 30.3 Å². The largest absolute Gasteiger partial charge is 0.378 e. The SMILES string of the molecule is C[C@@H]1C[C@@H](NC(=O)C2(N(C)C)CCC(c3ccccc3)CC2)CCO1. The van der Waals surface area contributed by atoms with E-state index >= 15 is 0 Å². The third-order valence-corrected chi connectivity index (χ3v) is 6.18. The fourth-order valence-corrected chi connectivity index (χ4v) is 4.48. The monoisotopic (exact) mass is 344 g/mol. The van der Waals surface area contributed by atoms with E-state index in [1.807, 2.05) is 0 Å². The standard InChI is InChI=1S/C21H32N2O2/c1-16-15-19(11-14-25-16)22-20(24)21(23(2)3)12-9-18(10-13-21)17-7-5-4-6-8-17/h4-8,16,18-19H,9-15H2,1-3H3,(H,22,24)/t16-,18?,19+,21?/m1/s1. The lowest BCUT2D eigenvalue weighted by Gasteiger charge is -2.44. The van der Waals surface area contributed by atoms with Crippen LogP contribution in [0.5, 0.6) is 0 Å². The van der Waals surface area contributed by atoms with Crippen molar-refractivity contribution in [1.29, 1.82) is 0 Å². The predicted octanol–water partition coefficient (Wildman–Crippen LogP) is 3.33. The van der Waals surface area contributed by atoms with Crippen LogP contribution in [-0.4, -0.2) is 49.2 Å². The molecule has 0 radical (unpaired) electrons. The number of nitrogens with one attached hydrogen (secondary N) is 1. The highest BCUT2D eigenvalue weighted by atomic mass is 16.5. The van der Waals surface area contributed by atoms with Gasteiger partial charge < -0.3 is 10.1 Å². The van der Waals surface area contributed by atoms with E-state index in [0.717, 1.165) is 45.1 Å². The maximum atomic E-state index is 13.2. The number of hydrogen-bond acceptors (Lipinski definition) is 3. The third-order valence-electron chi connectivity index (χ3n) is 6.18. The Morgan fingerprint density at radius 2 is 1.84 bits per heavy atom. The fourth-order valence-electron chi connectivity index (χ4n) is 4.48. The van der Waals surface area contributed by atoms with Gasteiger partial charge in [0.05, 0.1) is 11.6 Å². The van der Waals surface area contributed by atoms with Gasteiger partial charge in [0.25, 0.3) is 0 Å². The van der Waals surface area contributed by atoms with Crippen molar-refractivity contribution in [1.82, 2.24) is 10.2 Å². The van der Waals surface area contributed by atoms with Crippen LogP contribution < -0.4 is 5.32 Å². The molecular weight excluding hydrogens is 312 g/mol. The Hall–Kier alpha value is -1.39. The lowest BCUT2D eigenvalue weighted by molar-refractivity contribution is -0.136. The second-order valence-corrected chi connectivity index (χ2v) is 7.99. The molecule has 1 aromatic rings. The molecule has 1 aliphatic carbocycles. The Labute approximate surface area is 151 Å². The Morgan fingerprint density at radius 3 is 2.44 bits per heavy atom. The number of benzene rings is 1. The van der Waals surface area contributed by atoms with Crippen molar-refractivity contribution < 1.29 is 9.53 Å². The highest BCUT2D eigenvalue weighted by Gasteiger charge is 2.44. The number of ether oxygens (including phenoxy) is 1. The zero-order valence-corrected chi connectivity index (χ0v) is 15.8. The van der Waals surface area contributed by atoms with Crippen LogP contribution in [0.25, 0.3) is 0 Å². The van der Waals surface area contributed by atoms with Gasteiger partial charge in [-0.2, -0.15) is 0 Å². The number of amides is 1. The minimum atomic E-state index is -0.368. The molecule has 1 aromatic carbocycles. The highest BCUT2D eigenvalue weighted by Crippen LogP contribution is 2.40. The average Bonchev–Trinajstić information content (AvgIpc) is 2.62. The van der Waals surface area contributed by atoms with E-state index < -0.39 is 0 Å². The molecule has 2 atom stereocenters. The van der Waals surface area contributed by atoms with Crippen LogP contribution in [0.3, 0.4) is 0 Å². The Bertz CT molecular complexity index is 565. The van der Waals surface area contributed by atoms with Crippen molar-refractivity contribution in [3.8, 4) is 0 Å². The summed E-state index contributed by atoms with van der Waals surface area (Å²) in [7, 11) is 4.10. The molecule has 138 valence electrons. The first kappa shape index (κ1) is 18.4. The molecule has 2 fully saturated rings. The molecule has 1 aliphatic heterocycles. The van der Waals surface area contributed by atoms with E-state index in [1.54, 1.807) is 0 Å². The highest BCUT2D eigenvalue weighted by molar-refractivity contribution is 5.86. The molecule has 1 saturated carbocycles. The molecule has 1 amide bonds. The van der Waals surface area contributed by atoms with E-state index in [9.17, 15) is 4.79 Å². The van der Waals surface area contributed by atoms with Crippen LogP contribution >= 0.6 is 0 Å². The van der Waals surface area contributed by atoms with Gasteiger partial charge >= 0.3 is 0 Å². The molecule has 0 bridgehead atoms. The van der Waals surface area contributed by atoms with Gasteiger partial charge in [-0.15, -0.1) is 0 Å². The predicted molar refractivity (Wildman–Crippen MR) is 101 cm³/mol. The minimum Gasteiger partial charge on any atom is -0.378 e. The Balaban J connectivity index is 1.65. The van der Waals surface area contributed by atoms with Gasteiger partial charge in [-0.25, -0.2) is 0 Å². The van der Waals surface area contributed by atoms with E-state index in [1.165, 1.54) is 5.56 Å². The van der Waals surface area contributed by atoms with E-state index in [4.69, 9.17) is 4.74 Å². The van der Waals surface area contributed by atoms with Crippen LogP contribution in [0.1, 0.15) is 56.9 Å². The van der Waals surface area contributed by atoms with Gasteiger partial charge in [-0.1, -0.05) is 30.3 Å². The number of rotatable bonds is 4. The molecule has 0 spiro atoms. The number of nitrogens with zero attached hydrogens (tertiary/aromatic N) is 1. The quantitative estimate of drug-likeness (QED) is 0.911. The van der Waals surface area contributed by atoms with Crippen molar-refractivity contribution in [2.75, 3.05) is 20.7 Å². The number of hydrogen-bond donors (Lipinski definition) is 1. The van der Waals surface area contributed by atoms with Crippen LogP contribution in [0.2, 0.25) is 0 Å². The molecule has 25 heavy (non-hydrogen) atoms. The molecule has 1 heterocycles. The summed E-state index contributed by atoms with van der Waals surface area (Å²) in [6.07, 6.45) is 6.06.